The maximum atomic E-state index is 11.4. The van der Waals surface area contributed by atoms with Gasteiger partial charge in [0.2, 0.25) is 5.91 Å². The second kappa shape index (κ2) is 6.05. The summed E-state index contributed by atoms with van der Waals surface area (Å²) in [5, 5.41) is 6.92. The molecule has 5 heteroatoms. The molecule has 2 aromatic heterocycles. The van der Waals surface area contributed by atoms with Gasteiger partial charge in [-0.2, -0.15) is 0 Å². The minimum atomic E-state index is 0.0590. The molecule has 2 heterocycles. The minimum Gasteiger partial charge on any atom is -0.464 e. The lowest BCUT2D eigenvalue weighted by Gasteiger charge is -2.06. The highest BCUT2D eigenvalue weighted by Gasteiger charge is 2.05. The van der Waals surface area contributed by atoms with Crippen LogP contribution in [0.2, 0.25) is 0 Å². The summed E-state index contributed by atoms with van der Waals surface area (Å²) in [5.74, 6) is 0.813. The average molecular weight is 247 g/mol. The van der Waals surface area contributed by atoms with E-state index in [4.69, 9.17) is 4.42 Å². The van der Waals surface area contributed by atoms with E-state index in [0.29, 0.717) is 13.0 Å². The highest BCUT2D eigenvalue weighted by molar-refractivity contribution is 5.88. The molecule has 0 saturated carbocycles. The van der Waals surface area contributed by atoms with Gasteiger partial charge in [-0.3, -0.25) is 4.79 Å². The Bertz CT molecular complexity index is 522. The van der Waals surface area contributed by atoms with Crippen molar-refractivity contribution in [3.63, 3.8) is 0 Å². The van der Waals surface area contributed by atoms with Crippen LogP contribution in [0.4, 0.5) is 5.82 Å². The van der Waals surface area contributed by atoms with Crippen LogP contribution in [0.3, 0.4) is 0 Å². The molecule has 1 amide bonds. The summed E-state index contributed by atoms with van der Waals surface area (Å²) in [6.07, 6.45) is 4.71. The zero-order chi connectivity index (χ0) is 12.8. The van der Waals surface area contributed by atoms with E-state index in [1.165, 1.54) is 0 Å². The third-order valence-electron chi connectivity index (χ3n) is 2.60. The molecule has 18 heavy (non-hydrogen) atoms. The third kappa shape index (κ3) is 3.00. The Labute approximate surface area is 106 Å². The number of carbonyl (C=O) groups is 1. The van der Waals surface area contributed by atoms with Gasteiger partial charge in [0.1, 0.15) is 11.4 Å². The smallest absolute Gasteiger partial charge is 0.221 e. The van der Waals surface area contributed by atoms with Gasteiger partial charge >= 0.3 is 0 Å². The molecule has 96 valence electrons. The van der Waals surface area contributed by atoms with E-state index in [9.17, 15) is 4.79 Å². The van der Waals surface area contributed by atoms with Crippen molar-refractivity contribution in [3.8, 4) is 0 Å². The SMILES string of the molecule is CCCNC(=O)CCNc1nccc2occc12. The molecule has 0 atom stereocenters. The van der Waals surface area contributed by atoms with E-state index in [-0.39, 0.29) is 5.91 Å². The first kappa shape index (κ1) is 12.4. The summed E-state index contributed by atoms with van der Waals surface area (Å²) in [7, 11) is 0. The number of nitrogens with zero attached hydrogens (tertiary/aromatic N) is 1. The van der Waals surface area contributed by atoms with Gasteiger partial charge in [0, 0.05) is 25.7 Å². The molecule has 0 aliphatic rings. The lowest BCUT2D eigenvalue weighted by molar-refractivity contribution is -0.120. The predicted octanol–water partition coefficient (Wildman–Crippen LogP) is 2.16. The van der Waals surface area contributed by atoms with Crippen LogP contribution in [0.25, 0.3) is 11.0 Å². The molecule has 0 fully saturated rings. The summed E-state index contributed by atoms with van der Waals surface area (Å²) in [4.78, 5) is 15.7. The average Bonchev–Trinajstić information content (AvgIpc) is 2.85. The fourth-order valence-electron chi connectivity index (χ4n) is 1.68. The van der Waals surface area contributed by atoms with Gasteiger partial charge < -0.3 is 15.1 Å². The lowest BCUT2D eigenvalue weighted by Crippen LogP contribution is -2.25. The lowest BCUT2D eigenvalue weighted by atomic mass is 10.3. The first-order valence-electron chi connectivity index (χ1n) is 6.14. The molecular weight excluding hydrogens is 230 g/mol. The Morgan fingerprint density at radius 3 is 3.11 bits per heavy atom. The third-order valence-corrected chi connectivity index (χ3v) is 2.60. The minimum absolute atomic E-state index is 0.0590. The molecule has 0 spiro atoms. The van der Waals surface area contributed by atoms with Crippen LogP contribution in [0.15, 0.2) is 29.0 Å². The molecule has 0 radical (unpaired) electrons. The Balaban J connectivity index is 1.87. The highest BCUT2D eigenvalue weighted by Crippen LogP contribution is 2.21. The van der Waals surface area contributed by atoms with Gasteiger partial charge in [0.25, 0.3) is 0 Å². The molecule has 2 N–H and O–H groups in total. The number of rotatable bonds is 6. The zero-order valence-corrected chi connectivity index (χ0v) is 10.4. The number of nitrogens with one attached hydrogen (secondary N) is 2. The van der Waals surface area contributed by atoms with Gasteiger partial charge in [-0.25, -0.2) is 4.98 Å². The number of pyridine rings is 1. The van der Waals surface area contributed by atoms with Crippen molar-refractivity contribution in [2.45, 2.75) is 19.8 Å². The molecule has 0 aliphatic carbocycles. The van der Waals surface area contributed by atoms with Crippen LogP contribution in [-0.2, 0) is 4.79 Å². The molecule has 0 aliphatic heterocycles. The maximum absolute atomic E-state index is 11.4. The Morgan fingerprint density at radius 1 is 1.39 bits per heavy atom. The highest BCUT2D eigenvalue weighted by atomic mass is 16.3. The quantitative estimate of drug-likeness (QED) is 0.820. The van der Waals surface area contributed by atoms with Crippen molar-refractivity contribution in [1.82, 2.24) is 10.3 Å². The Hall–Kier alpha value is -2.04. The van der Waals surface area contributed by atoms with Crippen molar-refractivity contribution in [2.24, 2.45) is 0 Å². The normalized spacial score (nSPS) is 10.5. The van der Waals surface area contributed by atoms with Gasteiger partial charge in [-0.1, -0.05) is 6.92 Å². The topological polar surface area (TPSA) is 67.2 Å². The standard InChI is InChI=1S/C13H17N3O2/c1-2-6-14-12(17)4-8-16-13-10-5-9-18-11(10)3-7-15-13/h3,5,7,9H,2,4,6,8H2,1H3,(H,14,17)(H,15,16). The number of furan rings is 1. The number of hydrogen-bond acceptors (Lipinski definition) is 4. The Morgan fingerprint density at radius 2 is 2.28 bits per heavy atom. The fraction of sp³-hybridized carbons (Fsp3) is 0.385. The van der Waals surface area contributed by atoms with Crippen LogP contribution >= 0.6 is 0 Å². The molecule has 0 bridgehead atoms. The van der Waals surface area contributed by atoms with Crippen LogP contribution in [0.1, 0.15) is 19.8 Å². The fourth-order valence-corrected chi connectivity index (χ4v) is 1.68. The Kier molecular flexibility index (Phi) is 4.17. The monoisotopic (exact) mass is 247 g/mol. The summed E-state index contributed by atoms with van der Waals surface area (Å²) >= 11 is 0. The zero-order valence-electron chi connectivity index (χ0n) is 10.4. The second-order valence-corrected chi connectivity index (χ2v) is 4.02. The van der Waals surface area contributed by atoms with E-state index in [2.05, 4.69) is 15.6 Å². The summed E-state index contributed by atoms with van der Waals surface area (Å²) in [5.41, 5.74) is 0.794. The number of aromatic nitrogens is 1. The maximum Gasteiger partial charge on any atom is 0.221 e. The summed E-state index contributed by atoms with van der Waals surface area (Å²) in [6, 6.07) is 3.68. The van der Waals surface area contributed by atoms with Crippen molar-refractivity contribution in [3.05, 3.63) is 24.6 Å². The molecular formula is C13H17N3O2. The second-order valence-electron chi connectivity index (χ2n) is 4.02. The van der Waals surface area contributed by atoms with Crippen LogP contribution in [0, 0.1) is 0 Å². The van der Waals surface area contributed by atoms with E-state index < -0.39 is 0 Å². The van der Waals surface area contributed by atoms with Crippen molar-refractivity contribution in [1.29, 1.82) is 0 Å². The van der Waals surface area contributed by atoms with Crippen molar-refractivity contribution < 1.29 is 9.21 Å². The molecule has 5 nitrogen and oxygen atoms in total. The summed E-state index contributed by atoms with van der Waals surface area (Å²) in [6.45, 7) is 3.32. The number of amides is 1. The van der Waals surface area contributed by atoms with E-state index >= 15 is 0 Å². The van der Waals surface area contributed by atoms with Gasteiger partial charge in [0.15, 0.2) is 0 Å². The first-order valence-corrected chi connectivity index (χ1v) is 6.14. The molecule has 0 aromatic carbocycles. The molecule has 2 aromatic rings. The van der Waals surface area contributed by atoms with Crippen molar-refractivity contribution >= 4 is 22.7 Å². The largest absolute Gasteiger partial charge is 0.464 e. The van der Waals surface area contributed by atoms with Gasteiger partial charge in [-0.05, 0) is 18.6 Å². The molecule has 2 rings (SSSR count). The van der Waals surface area contributed by atoms with E-state index in [1.807, 2.05) is 19.1 Å². The predicted molar refractivity (Wildman–Crippen MR) is 70.4 cm³/mol. The summed E-state index contributed by atoms with van der Waals surface area (Å²) < 4.78 is 5.28. The van der Waals surface area contributed by atoms with Gasteiger partial charge in [-0.15, -0.1) is 0 Å². The number of anilines is 1. The van der Waals surface area contributed by atoms with E-state index in [0.717, 1.165) is 29.8 Å². The van der Waals surface area contributed by atoms with Crippen LogP contribution in [0.5, 0.6) is 0 Å². The first-order chi connectivity index (χ1) is 8.81. The number of fused-ring (bicyclic) bond motifs is 1. The van der Waals surface area contributed by atoms with Crippen molar-refractivity contribution in [2.75, 3.05) is 18.4 Å². The molecule has 0 unspecified atom stereocenters. The number of carbonyl (C=O) groups excluding carboxylic acids is 1. The molecule has 0 saturated heterocycles. The van der Waals surface area contributed by atoms with Crippen LogP contribution < -0.4 is 10.6 Å². The van der Waals surface area contributed by atoms with E-state index in [1.54, 1.807) is 12.5 Å². The van der Waals surface area contributed by atoms with Crippen LogP contribution in [-0.4, -0.2) is 24.0 Å². The number of hydrogen-bond donors (Lipinski definition) is 2. The van der Waals surface area contributed by atoms with Gasteiger partial charge in [0.05, 0.1) is 11.6 Å².